The molecule has 0 saturated carbocycles. The molecule has 5 nitrogen and oxygen atoms in total. The normalized spacial score (nSPS) is 18.3. The number of piperidine rings is 1. The predicted octanol–water partition coefficient (Wildman–Crippen LogP) is 3.74. The molecule has 1 amide bonds. The van der Waals surface area contributed by atoms with E-state index in [0.717, 1.165) is 38.2 Å². The van der Waals surface area contributed by atoms with Gasteiger partial charge < -0.3 is 19.4 Å². The van der Waals surface area contributed by atoms with E-state index < -0.39 is 5.60 Å². The Kier molecular flexibility index (Phi) is 5.51. The third kappa shape index (κ3) is 5.05. The number of hydrogen-bond donors (Lipinski definition) is 1. The van der Waals surface area contributed by atoms with Gasteiger partial charge in [0.25, 0.3) is 0 Å². The molecule has 0 unspecified atom stereocenters. The minimum Gasteiger partial charge on any atom is -0.444 e. The van der Waals surface area contributed by atoms with Crippen LogP contribution in [-0.4, -0.2) is 41.3 Å². The third-order valence-corrected chi connectivity index (χ3v) is 3.91. The summed E-state index contributed by atoms with van der Waals surface area (Å²) in [5.74, 6) is 0.510. The molecule has 1 aliphatic rings. The summed E-state index contributed by atoms with van der Waals surface area (Å²) in [6, 6.07) is 4.02. The first-order chi connectivity index (χ1) is 10.3. The van der Waals surface area contributed by atoms with E-state index in [0.29, 0.717) is 5.92 Å². The Morgan fingerprint density at radius 1 is 1.41 bits per heavy atom. The first-order valence-corrected chi connectivity index (χ1v) is 8.08. The average Bonchev–Trinajstić information content (AvgIpc) is 2.97. The van der Waals surface area contributed by atoms with Crippen LogP contribution in [0.2, 0.25) is 0 Å². The Hall–Kier alpha value is -1.49. The monoisotopic (exact) mass is 308 g/mol. The van der Waals surface area contributed by atoms with Crippen molar-refractivity contribution in [1.82, 2.24) is 9.88 Å². The van der Waals surface area contributed by atoms with Gasteiger partial charge in [-0.1, -0.05) is 0 Å². The van der Waals surface area contributed by atoms with Crippen LogP contribution in [0.15, 0.2) is 18.3 Å². The van der Waals surface area contributed by atoms with Crippen LogP contribution < -0.4 is 0 Å². The SMILES string of the molecule is C[C@@H](OCC1CCN(C(=O)OC(C)(C)C)CC1)c1ccc[nH]1. The van der Waals surface area contributed by atoms with Gasteiger partial charge in [0.15, 0.2) is 0 Å². The van der Waals surface area contributed by atoms with Gasteiger partial charge in [-0.15, -0.1) is 0 Å². The van der Waals surface area contributed by atoms with Crippen LogP contribution in [0.3, 0.4) is 0 Å². The fourth-order valence-corrected chi connectivity index (χ4v) is 2.58. The van der Waals surface area contributed by atoms with Gasteiger partial charge in [0.05, 0.1) is 12.7 Å². The van der Waals surface area contributed by atoms with Gasteiger partial charge in [0.2, 0.25) is 0 Å². The number of H-pyrrole nitrogens is 1. The number of likely N-dealkylation sites (tertiary alicyclic amines) is 1. The van der Waals surface area contributed by atoms with Crippen LogP contribution in [0.25, 0.3) is 0 Å². The summed E-state index contributed by atoms with van der Waals surface area (Å²) in [6.07, 6.45) is 3.73. The molecule has 1 aromatic heterocycles. The van der Waals surface area contributed by atoms with Crippen molar-refractivity contribution in [3.63, 3.8) is 0 Å². The van der Waals surface area contributed by atoms with E-state index in [9.17, 15) is 4.79 Å². The van der Waals surface area contributed by atoms with Crippen molar-refractivity contribution in [2.75, 3.05) is 19.7 Å². The maximum absolute atomic E-state index is 12.0. The smallest absolute Gasteiger partial charge is 0.410 e. The molecule has 0 spiro atoms. The highest BCUT2D eigenvalue weighted by Gasteiger charge is 2.27. The first-order valence-electron chi connectivity index (χ1n) is 8.08. The number of hydrogen-bond acceptors (Lipinski definition) is 3. The summed E-state index contributed by atoms with van der Waals surface area (Å²) >= 11 is 0. The maximum Gasteiger partial charge on any atom is 0.410 e. The zero-order chi connectivity index (χ0) is 16.2. The van der Waals surface area contributed by atoms with Gasteiger partial charge >= 0.3 is 6.09 Å². The minimum absolute atomic E-state index is 0.0823. The highest BCUT2D eigenvalue weighted by Crippen LogP contribution is 2.22. The quantitative estimate of drug-likeness (QED) is 0.922. The number of nitrogens with zero attached hydrogens (tertiary/aromatic N) is 1. The average molecular weight is 308 g/mol. The number of carbonyl (C=O) groups is 1. The van der Waals surface area contributed by atoms with E-state index in [1.54, 1.807) is 4.90 Å². The third-order valence-electron chi connectivity index (χ3n) is 3.91. The largest absolute Gasteiger partial charge is 0.444 e. The lowest BCUT2D eigenvalue weighted by atomic mass is 9.98. The number of rotatable bonds is 4. The fourth-order valence-electron chi connectivity index (χ4n) is 2.58. The van der Waals surface area contributed by atoms with Crippen LogP contribution in [0.1, 0.15) is 52.3 Å². The second kappa shape index (κ2) is 7.18. The van der Waals surface area contributed by atoms with Crippen molar-refractivity contribution in [3.8, 4) is 0 Å². The number of nitrogens with one attached hydrogen (secondary N) is 1. The lowest BCUT2D eigenvalue weighted by Gasteiger charge is -2.33. The molecule has 1 atom stereocenters. The van der Waals surface area contributed by atoms with E-state index in [1.807, 2.05) is 39.1 Å². The van der Waals surface area contributed by atoms with Crippen molar-refractivity contribution in [1.29, 1.82) is 0 Å². The molecule has 1 saturated heterocycles. The molecule has 0 aromatic carbocycles. The van der Waals surface area contributed by atoms with Crippen LogP contribution in [0.5, 0.6) is 0 Å². The molecule has 0 radical (unpaired) electrons. The number of amides is 1. The molecule has 1 N–H and O–H groups in total. The topological polar surface area (TPSA) is 54.6 Å². The standard InChI is InChI=1S/C17H28N2O3/c1-13(15-6-5-9-18-15)21-12-14-7-10-19(11-8-14)16(20)22-17(2,3)4/h5-6,9,13-14,18H,7-8,10-12H2,1-4H3/t13-/m1/s1. The highest BCUT2D eigenvalue weighted by molar-refractivity contribution is 5.68. The van der Waals surface area contributed by atoms with Crippen LogP contribution in [-0.2, 0) is 9.47 Å². The Labute approximate surface area is 133 Å². The summed E-state index contributed by atoms with van der Waals surface area (Å²) in [5, 5.41) is 0. The van der Waals surface area contributed by atoms with Crippen molar-refractivity contribution in [3.05, 3.63) is 24.0 Å². The van der Waals surface area contributed by atoms with E-state index in [-0.39, 0.29) is 12.2 Å². The Morgan fingerprint density at radius 2 is 2.09 bits per heavy atom. The van der Waals surface area contributed by atoms with Crippen LogP contribution in [0, 0.1) is 5.92 Å². The molecule has 2 heterocycles. The van der Waals surface area contributed by atoms with Gasteiger partial charge in [-0.2, -0.15) is 0 Å². The fraction of sp³-hybridized carbons (Fsp3) is 0.706. The Morgan fingerprint density at radius 3 is 2.64 bits per heavy atom. The summed E-state index contributed by atoms with van der Waals surface area (Å²) in [7, 11) is 0. The van der Waals surface area contributed by atoms with Crippen molar-refractivity contribution in [2.45, 2.75) is 52.2 Å². The predicted molar refractivity (Wildman–Crippen MR) is 85.7 cm³/mol. The van der Waals surface area contributed by atoms with Crippen molar-refractivity contribution in [2.24, 2.45) is 5.92 Å². The second-order valence-electron chi connectivity index (χ2n) is 7.01. The Bertz CT molecular complexity index is 457. The number of aromatic nitrogens is 1. The van der Waals surface area contributed by atoms with Gasteiger partial charge in [-0.25, -0.2) is 4.79 Å². The van der Waals surface area contributed by atoms with Gasteiger partial charge in [-0.3, -0.25) is 0 Å². The van der Waals surface area contributed by atoms with Crippen molar-refractivity contribution < 1.29 is 14.3 Å². The van der Waals surface area contributed by atoms with Gasteiger partial charge in [0, 0.05) is 25.0 Å². The maximum atomic E-state index is 12.0. The minimum atomic E-state index is -0.428. The summed E-state index contributed by atoms with van der Waals surface area (Å²) in [5.41, 5.74) is 0.675. The number of aromatic amines is 1. The van der Waals surface area contributed by atoms with Crippen LogP contribution in [0.4, 0.5) is 4.79 Å². The molecule has 124 valence electrons. The zero-order valence-electron chi connectivity index (χ0n) is 14.1. The summed E-state index contributed by atoms with van der Waals surface area (Å²) in [6.45, 7) is 9.98. The second-order valence-corrected chi connectivity index (χ2v) is 7.01. The van der Waals surface area contributed by atoms with Crippen LogP contribution >= 0.6 is 0 Å². The highest BCUT2D eigenvalue weighted by atomic mass is 16.6. The zero-order valence-corrected chi connectivity index (χ0v) is 14.1. The molecular formula is C17H28N2O3. The van der Waals surface area contributed by atoms with Gasteiger partial charge in [0.1, 0.15) is 5.60 Å². The molecule has 1 fully saturated rings. The molecular weight excluding hydrogens is 280 g/mol. The van der Waals surface area contributed by atoms with E-state index in [2.05, 4.69) is 11.9 Å². The lowest BCUT2D eigenvalue weighted by molar-refractivity contribution is 0.000694. The summed E-state index contributed by atoms with van der Waals surface area (Å²) in [4.78, 5) is 17.0. The summed E-state index contributed by atoms with van der Waals surface area (Å²) < 4.78 is 11.3. The Balaban J connectivity index is 1.70. The van der Waals surface area contributed by atoms with E-state index >= 15 is 0 Å². The molecule has 1 aliphatic heterocycles. The molecule has 22 heavy (non-hydrogen) atoms. The van der Waals surface area contributed by atoms with E-state index in [1.165, 1.54) is 0 Å². The molecule has 1 aromatic rings. The number of carbonyl (C=O) groups excluding carboxylic acids is 1. The van der Waals surface area contributed by atoms with Gasteiger partial charge in [-0.05, 0) is 58.6 Å². The molecule has 0 bridgehead atoms. The molecule has 0 aliphatic carbocycles. The van der Waals surface area contributed by atoms with Crippen molar-refractivity contribution >= 4 is 6.09 Å². The first kappa shape index (κ1) is 16.9. The molecule has 2 rings (SSSR count). The number of ether oxygens (including phenoxy) is 2. The van der Waals surface area contributed by atoms with E-state index in [4.69, 9.17) is 9.47 Å². The lowest BCUT2D eigenvalue weighted by Crippen LogP contribution is -2.42. The molecule has 5 heteroatoms.